The molecule has 0 saturated heterocycles. The molecule has 3 amide bonds. The van der Waals surface area contributed by atoms with Gasteiger partial charge in [-0.1, -0.05) is 42.5 Å². The Morgan fingerprint density at radius 3 is 2.56 bits per heavy atom. The Labute approximate surface area is 158 Å². The van der Waals surface area contributed by atoms with E-state index in [0.29, 0.717) is 25.4 Å². The molecular weight excluding hydrogens is 346 g/mol. The van der Waals surface area contributed by atoms with Gasteiger partial charge in [0.2, 0.25) is 0 Å². The van der Waals surface area contributed by atoms with Gasteiger partial charge < -0.3 is 20.1 Å². The molecule has 0 spiro atoms. The Bertz CT molecular complexity index is 782. The lowest BCUT2D eigenvalue weighted by molar-refractivity contribution is -0.688. The maximum Gasteiger partial charge on any atom is 0.321 e. The summed E-state index contributed by atoms with van der Waals surface area (Å²) in [6.07, 6.45) is -0.191. The van der Waals surface area contributed by atoms with Crippen LogP contribution >= 0.6 is 0 Å². The monoisotopic (exact) mass is 370 g/mol. The number of imide groups is 1. The van der Waals surface area contributed by atoms with Crippen molar-refractivity contribution in [2.45, 2.75) is 19.1 Å². The number of amides is 3. The van der Waals surface area contributed by atoms with Crippen molar-refractivity contribution in [3.8, 4) is 11.5 Å². The topological polar surface area (TPSA) is 93.3 Å². The molecule has 2 aromatic rings. The SMILES string of the molecule is CCNC(=O)NC(=O)[C@@H]([NH2+]C[C@@H]1COc2ccccc2O1)c1ccccc1. The third-order valence-electron chi connectivity index (χ3n) is 4.22. The van der Waals surface area contributed by atoms with Crippen molar-refractivity contribution < 1.29 is 24.4 Å². The molecule has 7 heteroatoms. The molecule has 142 valence electrons. The number of nitrogens with two attached hydrogens (primary N) is 1. The molecular formula is C20H24N3O4+. The number of hydrogen-bond acceptors (Lipinski definition) is 4. The Morgan fingerprint density at radius 2 is 1.81 bits per heavy atom. The lowest BCUT2D eigenvalue weighted by Crippen LogP contribution is -2.90. The normalized spacial score (nSPS) is 16.3. The van der Waals surface area contributed by atoms with E-state index in [4.69, 9.17) is 9.47 Å². The number of hydrogen-bond donors (Lipinski definition) is 3. The molecule has 0 saturated carbocycles. The van der Waals surface area contributed by atoms with E-state index in [0.717, 1.165) is 11.3 Å². The molecule has 0 fully saturated rings. The number of rotatable bonds is 6. The fourth-order valence-corrected chi connectivity index (χ4v) is 2.92. The van der Waals surface area contributed by atoms with Gasteiger partial charge in [0, 0.05) is 12.1 Å². The quantitative estimate of drug-likeness (QED) is 0.707. The molecule has 0 bridgehead atoms. The van der Waals surface area contributed by atoms with Crippen LogP contribution in [0.15, 0.2) is 54.6 Å². The predicted octanol–water partition coefficient (Wildman–Crippen LogP) is 0.977. The first-order valence-corrected chi connectivity index (χ1v) is 9.02. The summed E-state index contributed by atoms with van der Waals surface area (Å²) in [6, 6.07) is 15.8. The number of benzene rings is 2. The van der Waals surface area contributed by atoms with Crippen molar-refractivity contribution in [1.29, 1.82) is 0 Å². The van der Waals surface area contributed by atoms with Crippen molar-refractivity contribution in [1.82, 2.24) is 10.6 Å². The molecule has 3 rings (SSSR count). The van der Waals surface area contributed by atoms with Crippen molar-refractivity contribution in [2.75, 3.05) is 19.7 Å². The average Bonchev–Trinajstić information content (AvgIpc) is 2.69. The first-order valence-electron chi connectivity index (χ1n) is 9.02. The van der Waals surface area contributed by atoms with Crippen LogP contribution in [0.5, 0.6) is 11.5 Å². The maximum absolute atomic E-state index is 12.6. The van der Waals surface area contributed by atoms with Crippen LogP contribution in [0, 0.1) is 0 Å². The van der Waals surface area contributed by atoms with Crippen molar-refractivity contribution in [2.24, 2.45) is 0 Å². The van der Waals surface area contributed by atoms with Crippen molar-refractivity contribution >= 4 is 11.9 Å². The van der Waals surface area contributed by atoms with Gasteiger partial charge in [0.15, 0.2) is 23.6 Å². The van der Waals surface area contributed by atoms with Crippen LogP contribution < -0.4 is 25.4 Å². The van der Waals surface area contributed by atoms with Crippen LogP contribution in [-0.2, 0) is 4.79 Å². The molecule has 1 aliphatic rings. The maximum atomic E-state index is 12.6. The van der Waals surface area contributed by atoms with E-state index in [9.17, 15) is 9.59 Å². The van der Waals surface area contributed by atoms with Crippen LogP contribution in [0.4, 0.5) is 4.79 Å². The number of urea groups is 1. The van der Waals surface area contributed by atoms with E-state index in [1.807, 2.05) is 59.9 Å². The average molecular weight is 370 g/mol. The van der Waals surface area contributed by atoms with Crippen LogP contribution in [-0.4, -0.2) is 37.7 Å². The summed E-state index contributed by atoms with van der Waals surface area (Å²) in [5, 5.41) is 6.83. The number of nitrogens with one attached hydrogen (secondary N) is 2. The van der Waals surface area contributed by atoms with Gasteiger partial charge in [-0.15, -0.1) is 0 Å². The second-order valence-electron chi connectivity index (χ2n) is 6.21. The molecule has 2 atom stereocenters. The number of para-hydroxylation sites is 2. The lowest BCUT2D eigenvalue weighted by Gasteiger charge is -2.26. The van der Waals surface area contributed by atoms with Gasteiger partial charge in [-0.2, -0.15) is 0 Å². The zero-order chi connectivity index (χ0) is 19.1. The van der Waals surface area contributed by atoms with E-state index in [-0.39, 0.29) is 12.0 Å². The van der Waals surface area contributed by atoms with Crippen LogP contribution in [0.3, 0.4) is 0 Å². The van der Waals surface area contributed by atoms with Gasteiger partial charge in [0.1, 0.15) is 13.2 Å². The minimum absolute atomic E-state index is 0.191. The Balaban J connectivity index is 1.65. The summed E-state index contributed by atoms with van der Waals surface area (Å²) >= 11 is 0. The molecule has 0 radical (unpaired) electrons. The smallest absolute Gasteiger partial charge is 0.321 e. The molecule has 0 aliphatic carbocycles. The number of ether oxygens (including phenoxy) is 2. The van der Waals surface area contributed by atoms with E-state index in [2.05, 4.69) is 10.6 Å². The Kier molecular flexibility index (Phi) is 6.27. The molecule has 1 heterocycles. The van der Waals surface area contributed by atoms with Crippen LogP contribution in [0.25, 0.3) is 0 Å². The largest absolute Gasteiger partial charge is 0.486 e. The second-order valence-corrected chi connectivity index (χ2v) is 6.21. The zero-order valence-corrected chi connectivity index (χ0v) is 15.2. The van der Waals surface area contributed by atoms with Gasteiger partial charge in [-0.3, -0.25) is 10.1 Å². The highest BCUT2D eigenvalue weighted by molar-refractivity contribution is 5.96. The van der Waals surface area contributed by atoms with Crippen LogP contribution in [0.1, 0.15) is 18.5 Å². The molecule has 4 N–H and O–H groups in total. The molecule has 0 aromatic heterocycles. The van der Waals surface area contributed by atoms with Gasteiger partial charge in [0.25, 0.3) is 5.91 Å². The summed E-state index contributed by atoms with van der Waals surface area (Å²) in [4.78, 5) is 24.4. The van der Waals surface area contributed by atoms with E-state index < -0.39 is 12.1 Å². The number of quaternary nitrogens is 1. The van der Waals surface area contributed by atoms with E-state index >= 15 is 0 Å². The molecule has 0 unspecified atom stereocenters. The summed E-state index contributed by atoms with van der Waals surface area (Å²) in [5.74, 6) is 1.05. The Hall–Kier alpha value is -3.06. The minimum atomic E-state index is -0.561. The molecule has 2 aromatic carbocycles. The predicted molar refractivity (Wildman–Crippen MR) is 99.5 cm³/mol. The zero-order valence-electron chi connectivity index (χ0n) is 15.2. The van der Waals surface area contributed by atoms with E-state index in [1.54, 1.807) is 6.92 Å². The van der Waals surface area contributed by atoms with Gasteiger partial charge in [-0.25, -0.2) is 4.79 Å². The summed E-state index contributed by atoms with van der Waals surface area (Å²) in [7, 11) is 0. The van der Waals surface area contributed by atoms with Gasteiger partial charge >= 0.3 is 6.03 Å². The lowest BCUT2D eigenvalue weighted by atomic mass is 10.1. The summed E-state index contributed by atoms with van der Waals surface area (Å²) < 4.78 is 11.7. The summed E-state index contributed by atoms with van der Waals surface area (Å²) in [6.45, 7) is 3.16. The van der Waals surface area contributed by atoms with Crippen LogP contribution in [0.2, 0.25) is 0 Å². The number of carbonyl (C=O) groups excluding carboxylic acids is 2. The van der Waals surface area contributed by atoms with Crippen molar-refractivity contribution in [3.63, 3.8) is 0 Å². The first kappa shape index (κ1) is 18.7. The fourth-order valence-electron chi connectivity index (χ4n) is 2.92. The van der Waals surface area contributed by atoms with E-state index in [1.165, 1.54) is 0 Å². The van der Waals surface area contributed by atoms with Gasteiger partial charge in [0.05, 0.1) is 0 Å². The fraction of sp³-hybridized carbons (Fsp3) is 0.300. The Morgan fingerprint density at radius 1 is 1.11 bits per heavy atom. The summed E-state index contributed by atoms with van der Waals surface area (Å²) in [5.41, 5.74) is 0.816. The molecule has 27 heavy (non-hydrogen) atoms. The third-order valence-corrected chi connectivity index (χ3v) is 4.22. The highest BCUT2D eigenvalue weighted by Crippen LogP contribution is 2.30. The van der Waals surface area contributed by atoms with Gasteiger partial charge in [-0.05, 0) is 19.1 Å². The number of fused-ring (bicyclic) bond motifs is 1. The third kappa shape index (κ3) is 4.98. The minimum Gasteiger partial charge on any atom is -0.486 e. The van der Waals surface area contributed by atoms with Crippen molar-refractivity contribution in [3.05, 3.63) is 60.2 Å². The highest BCUT2D eigenvalue weighted by Gasteiger charge is 2.29. The first-order chi connectivity index (χ1) is 13.2. The molecule has 1 aliphatic heterocycles. The highest BCUT2D eigenvalue weighted by atomic mass is 16.6. The number of carbonyl (C=O) groups is 2. The standard InChI is InChI=1S/C20H23N3O4/c1-2-21-20(25)23-19(24)18(14-8-4-3-5-9-14)22-12-15-13-26-16-10-6-7-11-17(16)27-15/h3-11,15,18,22H,2,12-13H2,1H3,(H2,21,23,24,25)/p+1/t15-,18+/m1/s1. The second kappa shape index (κ2) is 9.05. The molecule has 7 nitrogen and oxygen atoms in total.